The molecule has 118 valence electrons. The fraction of sp³-hybridized carbons (Fsp3) is 0.632. The minimum atomic E-state index is 0.314. The summed E-state index contributed by atoms with van der Waals surface area (Å²) in [5, 5.41) is 9.93. The van der Waals surface area contributed by atoms with Crippen LogP contribution < -0.4 is 0 Å². The molecule has 4 aliphatic carbocycles. The van der Waals surface area contributed by atoms with Crippen molar-refractivity contribution in [2.45, 2.75) is 44.9 Å². The maximum absolute atomic E-state index is 9.93. The van der Waals surface area contributed by atoms with Crippen molar-refractivity contribution in [3.05, 3.63) is 28.2 Å². The Balaban J connectivity index is 1.51. The van der Waals surface area contributed by atoms with E-state index < -0.39 is 0 Å². The summed E-state index contributed by atoms with van der Waals surface area (Å²) in [7, 11) is 0. The van der Waals surface area contributed by atoms with Crippen LogP contribution in [0.5, 0.6) is 5.75 Å². The van der Waals surface area contributed by atoms with Gasteiger partial charge in [-0.1, -0.05) is 15.9 Å². The Morgan fingerprint density at radius 1 is 1.18 bits per heavy atom. The average Bonchev–Trinajstić information content (AvgIpc) is 2.67. The van der Waals surface area contributed by atoms with Crippen molar-refractivity contribution in [1.82, 2.24) is 0 Å². The maximum atomic E-state index is 9.93. The zero-order valence-electron chi connectivity index (χ0n) is 13.0. The third kappa shape index (κ3) is 2.84. The number of halogens is 1. The topological polar surface area (TPSA) is 32.6 Å². The van der Waals surface area contributed by atoms with Crippen molar-refractivity contribution in [2.75, 3.05) is 6.54 Å². The van der Waals surface area contributed by atoms with Crippen molar-refractivity contribution in [3.8, 4) is 5.75 Å². The van der Waals surface area contributed by atoms with Gasteiger partial charge < -0.3 is 5.11 Å². The van der Waals surface area contributed by atoms with Crippen LogP contribution in [0.15, 0.2) is 27.7 Å². The number of hydrogen-bond donors (Lipinski definition) is 1. The summed E-state index contributed by atoms with van der Waals surface area (Å²) in [5.41, 5.74) is 1.27. The Morgan fingerprint density at radius 2 is 1.91 bits per heavy atom. The van der Waals surface area contributed by atoms with Gasteiger partial charge in [-0.25, -0.2) is 0 Å². The lowest BCUT2D eigenvalue weighted by Crippen LogP contribution is -2.36. The van der Waals surface area contributed by atoms with Gasteiger partial charge in [-0.3, -0.25) is 4.99 Å². The number of fused-ring (bicyclic) bond motifs is 1. The zero-order chi connectivity index (χ0) is 15.2. The highest BCUT2D eigenvalue weighted by Crippen LogP contribution is 2.57. The van der Waals surface area contributed by atoms with E-state index in [1.165, 1.54) is 44.9 Å². The minimum Gasteiger partial charge on any atom is -0.507 e. The number of phenolic OH excluding ortho intramolecular Hbond substituents is 1. The van der Waals surface area contributed by atoms with E-state index in [1.807, 2.05) is 18.3 Å². The Kier molecular flexibility index (Phi) is 3.80. The van der Waals surface area contributed by atoms with Crippen LogP contribution in [0.1, 0.15) is 50.5 Å². The molecule has 2 atom stereocenters. The van der Waals surface area contributed by atoms with Crippen LogP contribution in [0.4, 0.5) is 0 Å². The molecule has 0 saturated heterocycles. The van der Waals surface area contributed by atoms with E-state index in [0.717, 1.165) is 34.3 Å². The summed E-state index contributed by atoms with van der Waals surface area (Å²) in [6.07, 6.45) is 11.9. The van der Waals surface area contributed by atoms with Crippen molar-refractivity contribution in [3.63, 3.8) is 0 Å². The van der Waals surface area contributed by atoms with E-state index in [0.29, 0.717) is 11.2 Å². The van der Waals surface area contributed by atoms with Crippen LogP contribution in [0.25, 0.3) is 0 Å². The number of hydrogen-bond acceptors (Lipinski definition) is 2. The van der Waals surface area contributed by atoms with E-state index >= 15 is 0 Å². The second-order valence-corrected chi connectivity index (χ2v) is 8.84. The van der Waals surface area contributed by atoms with Gasteiger partial charge in [-0.15, -0.1) is 0 Å². The van der Waals surface area contributed by atoms with E-state index in [1.54, 1.807) is 6.07 Å². The summed E-state index contributed by atoms with van der Waals surface area (Å²) in [6, 6.07) is 5.51. The molecule has 4 bridgehead atoms. The molecule has 2 nitrogen and oxygen atoms in total. The fourth-order valence-electron chi connectivity index (χ4n) is 5.47. The quantitative estimate of drug-likeness (QED) is 0.739. The highest BCUT2D eigenvalue weighted by atomic mass is 79.9. The molecule has 1 aromatic rings. The molecule has 1 aromatic carbocycles. The number of nitrogens with zero attached hydrogens (tertiary/aromatic N) is 1. The molecule has 4 fully saturated rings. The summed E-state index contributed by atoms with van der Waals surface area (Å²) in [4.78, 5) is 4.77. The normalized spacial score (nSPS) is 36.9. The van der Waals surface area contributed by atoms with Crippen LogP contribution >= 0.6 is 15.9 Å². The fourth-order valence-corrected chi connectivity index (χ4v) is 5.85. The first-order chi connectivity index (χ1) is 10.6. The van der Waals surface area contributed by atoms with Gasteiger partial charge in [-0.2, -0.15) is 0 Å². The number of aromatic hydroxyl groups is 1. The van der Waals surface area contributed by atoms with Gasteiger partial charge in [0.05, 0.1) is 0 Å². The van der Waals surface area contributed by atoms with Crippen LogP contribution in [0.3, 0.4) is 0 Å². The highest BCUT2D eigenvalue weighted by molar-refractivity contribution is 9.10. The van der Waals surface area contributed by atoms with E-state index in [-0.39, 0.29) is 0 Å². The van der Waals surface area contributed by atoms with Crippen molar-refractivity contribution < 1.29 is 5.11 Å². The second-order valence-electron chi connectivity index (χ2n) is 7.93. The molecule has 0 amide bonds. The maximum Gasteiger partial charge on any atom is 0.124 e. The van der Waals surface area contributed by atoms with Crippen LogP contribution in [0, 0.1) is 23.2 Å². The smallest absolute Gasteiger partial charge is 0.124 e. The van der Waals surface area contributed by atoms with E-state index in [4.69, 9.17) is 4.99 Å². The lowest BCUT2D eigenvalue weighted by Gasteiger charge is -2.44. The van der Waals surface area contributed by atoms with Gasteiger partial charge in [0.25, 0.3) is 0 Å². The summed E-state index contributed by atoms with van der Waals surface area (Å²) in [6.45, 7) is 0.943. The Bertz CT molecular complexity index is 583. The lowest BCUT2D eigenvalue weighted by atomic mass is 9.61. The molecule has 4 saturated carbocycles. The highest BCUT2D eigenvalue weighted by Gasteiger charge is 2.47. The molecule has 0 heterocycles. The van der Waals surface area contributed by atoms with Gasteiger partial charge in [0.2, 0.25) is 0 Å². The number of benzene rings is 1. The summed E-state index contributed by atoms with van der Waals surface area (Å²) >= 11 is 3.46. The molecular formula is C19H24BrNO. The van der Waals surface area contributed by atoms with E-state index in [9.17, 15) is 5.11 Å². The largest absolute Gasteiger partial charge is 0.507 e. The third-order valence-corrected chi connectivity index (χ3v) is 6.67. The predicted molar refractivity (Wildman–Crippen MR) is 93.5 cm³/mol. The molecule has 4 aliphatic rings. The van der Waals surface area contributed by atoms with Crippen LogP contribution in [-0.4, -0.2) is 17.9 Å². The summed E-state index contributed by atoms with van der Waals surface area (Å²) < 4.78 is 0.984. The first-order valence-electron chi connectivity index (χ1n) is 8.60. The first-order valence-corrected chi connectivity index (χ1v) is 9.40. The van der Waals surface area contributed by atoms with Crippen molar-refractivity contribution >= 4 is 22.1 Å². The first kappa shape index (κ1) is 14.7. The van der Waals surface area contributed by atoms with Gasteiger partial charge in [-0.05, 0) is 86.3 Å². The van der Waals surface area contributed by atoms with Gasteiger partial charge in [0.1, 0.15) is 5.75 Å². The number of phenols is 1. The Hall–Kier alpha value is -0.830. The lowest BCUT2D eigenvalue weighted by molar-refractivity contribution is 0.0727. The van der Waals surface area contributed by atoms with Gasteiger partial charge in [0.15, 0.2) is 0 Å². The van der Waals surface area contributed by atoms with Crippen LogP contribution in [0.2, 0.25) is 0 Å². The van der Waals surface area contributed by atoms with E-state index in [2.05, 4.69) is 15.9 Å². The predicted octanol–water partition coefficient (Wildman–Crippen LogP) is 5.18. The van der Waals surface area contributed by atoms with Crippen molar-refractivity contribution in [1.29, 1.82) is 0 Å². The molecule has 3 heteroatoms. The molecular weight excluding hydrogens is 338 g/mol. The Morgan fingerprint density at radius 3 is 2.68 bits per heavy atom. The number of aliphatic imine (C=N–C) groups is 1. The zero-order valence-corrected chi connectivity index (χ0v) is 14.6. The molecule has 0 aliphatic heterocycles. The second kappa shape index (κ2) is 5.67. The standard InChI is InChI=1S/C19H24BrNO/c20-17-1-2-18(22)16(8-17)11-21-12-19-4-3-13-5-14(9-19)7-15(6-13)10-19/h1-2,8,11,13-15,22H,3-7,9-10,12H2. The third-order valence-electron chi connectivity index (χ3n) is 6.17. The summed E-state index contributed by atoms with van der Waals surface area (Å²) in [5.74, 6) is 3.25. The van der Waals surface area contributed by atoms with Crippen molar-refractivity contribution in [2.24, 2.45) is 28.2 Å². The molecule has 2 unspecified atom stereocenters. The average molecular weight is 362 g/mol. The molecule has 1 N–H and O–H groups in total. The number of rotatable bonds is 3. The van der Waals surface area contributed by atoms with Gasteiger partial charge in [0, 0.05) is 22.8 Å². The molecule has 0 radical (unpaired) electrons. The molecule has 5 rings (SSSR count). The molecule has 0 spiro atoms. The van der Waals surface area contributed by atoms with Crippen LogP contribution in [-0.2, 0) is 0 Å². The minimum absolute atomic E-state index is 0.314. The Labute approximate surface area is 141 Å². The molecule has 22 heavy (non-hydrogen) atoms. The molecule has 0 aromatic heterocycles. The SMILES string of the molecule is Oc1ccc(Br)cc1C=NCC12CCC3CC(CC(C3)C1)C2. The monoisotopic (exact) mass is 361 g/mol. The van der Waals surface area contributed by atoms with Gasteiger partial charge >= 0.3 is 0 Å².